The van der Waals surface area contributed by atoms with Crippen LogP contribution < -0.4 is 5.73 Å². The first-order chi connectivity index (χ1) is 20.7. The molecule has 15 heteroatoms. The Bertz CT molecular complexity index is 788. The fourth-order valence-corrected chi connectivity index (χ4v) is 4.70. The van der Waals surface area contributed by atoms with Crippen molar-refractivity contribution in [3.05, 3.63) is 0 Å². The summed E-state index contributed by atoms with van der Waals surface area (Å²) in [5.74, 6) is -0.893. The molecule has 0 aliphatic carbocycles. The lowest BCUT2D eigenvalue weighted by molar-refractivity contribution is -0.143. The maximum atomic E-state index is 13.3. The van der Waals surface area contributed by atoms with Crippen LogP contribution >= 0.6 is 7.75 Å². The van der Waals surface area contributed by atoms with Crippen LogP contribution in [0.5, 0.6) is 0 Å². The third kappa shape index (κ3) is 24.6. The van der Waals surface area contributed by atoms with Crippen LogP contribution in [0.15, 0.2) is 4.76 Å². The molecule has 14 nitrogen and oxygen atoms in total. The van der Waals surface area contributed by atoms with Crippen molar-refractivity contribution in [3.63, 3.8) is 0 Å². The minimum Gasteiger partial charge on any atom is -0.465 e. The van der Waals surface area contributed by atoms with Gasteiger partial charge in [-0.15, -0.1) is 4.76 Å². The molecule has 0 saturated heterocycles. The summed E-state index contributed by atoms with van der Waals surface area (Å²) in [5, 5.41) is 0. The van der Waals surface area contributed by atoms with Gasteiger partial charge in [0.2, 0.25) is 5.96 Å². The molecule has 43 heavy (non-hydrogen) atoms. The summed E-state index contributed by atoms with van der Waals surface area (Å²) < 4.78 is 52.4. The Morgan fingerprint density at radius 1 is 0.628 bits per heavy atom. The van der Waals surface area contributed by atoms with Gasteiger partial charge < -0.3 is 34.3 Å². The van der Waals surface area contributed by atoms with E-state index < -0.39 is 26.0 Å². The average molecular weight is 640 g/mol. The van der Waals surface area contributed by atoms with Crippen molar-refractivity contribution in [2.24, 2.45) is 10.5 Å². The van der Waals surface area contributed by atoms with Gasteiger partial charge in [-0.2, -0.15) is 0 Å². The molecule has 0 radical (unpaired) electrons. The van der Waals surface area contributed by atoms with Crippen LogP contribution in [0, 0.1) is 0 Å². The van der Waals surface area contributed by atoms with E-state index in [9.17, 15) is 18.9 Å². The number of hydrogen-bond acceptors (Lipinski definition) is 11. The second-order valence-electron chi connectivity index (χ2n) is 9.68. The van der Waals surface area contributed by atoms with Crippen molar-refractivity contribution in [3.8, 4) is 0 Å². The molecule has 0 aromatic carbocycles. The molecule has 0 heterocycles. The summed E-state index contributed by atoms with van der Waals surface area (Å²) >= 11 is 0. The largest absolute Gasteiger partial charge is 0.508 e. The Hall–Kier alpha value is -2.57. The van der Waals surface area contributed by atoms with Gasteiger partial charge in [-0.05, 0) is 19.8 Å². The molecule has 0 aliphatic rings. The Morgan fingerprint density at radius 2 is 1.05 bits per heavy atom. The van der Waals surface area contributed by atoms with Gasteiger partial charge in [0.1, 0.15) is 19.8 Å². The minimum atomic E-state index is -4.28. The fourth-order valence-electron chi connectivity index (χ4n) is 3.49. The molecule has 0 spiro atoms. The molecule has 0 bridgehead atoms. The number of hydrogen-bond donors (Lipinski definition) is 1. The zero-order valence-corrected chi connectivity index (χ0v) is 27.4. The number of rotatable bonds is 26. The van der Waals surface area contributed by atoms with E-state index in [1.165, 1.54) is 24.8 Å². The molecule has 0 rings (SSSR count). The molecule has 0 aromatic rings. The molecule has 0 aromatic heterocycles. The first-order valence-electron chi connectivity index (χ1n) is 15.4. The molecule has 0 saturated carbocycles. The summed E-state index contributed by atoms with van der Waals surface area (Å²) in [5.41, 5.74) is 5.89. The highest BCUT2D eigenvalue weighted by molar-refractivity contribution is 7.52. The second-order valence-corrected chi connectivity index (χ2v) is 11.3. The molecule has 2 N–H and O–H groups in total. The van der Waals surface area contributed by atoms with Gasteiger partial charge in [0.05, 0.1) is 33.0 Å². The van der Waals surface area contributed by atoms with Crippen molar-refractivity contribution in [2.45, 2.75) is 97.8 Å². The Balaban J connectivity index is 4.70. The number of guanidine groups is 1. The predicted molar refractivity (Wildman–Crippen MR) is 162 cm³/mol. The highest BCUT2D eigenvalue weighted by Crippen LogP contribution is 2.49. The SMILES string of the molecule is CCCCCCCCOC(=O)OCCOP(=O)(/N=C(\N)N(C)CC(=O)OCC)OCCOC(=O)OCCCCCCCC. The van der Waals surface area contributed by atoms with Crippen LogP contribution in [-0.2, 0) is 42.1 Å². The topological polar surface area (TPSA) is 175 Å². The Morgan fingerprint density at radius 3 is 1.49 bits per heavy atom. The number of carbonyl (C=O) groups excluding carboxylic acids is 3. The van der Waals surface area contributed by atoms with Crippen LogP contribution in [-0.4, -0.2) is 89.0 Å². The van der Waals surface area contributed by atoms with Gasteiger partial charge in [-0.3, -0.25) is 13.8 Å². The van der Waals surface area contributed by atoms with E-state index in [1.54, 1.807) is 6.92 Å². The monoisotopic (exact) mass is 639 g/mol. The van der Waals surface area contributed by atoms with Crippen molar-refractivity contribution in [1.82, 2.24) is 4.90 Å². The third-order valence-electron chi connectivity index (χ3n) is 5.84. The number of unbranched alkanes of at least 4 members (excludes halogenated alkanes) is 10. The van der Waals surface area contributed by atoms with Crippen LogP contribution in [0.3, 0.4) is 0 Å². The van der Waals surface area contributed by atoms with Gasteiger partial charge in [-0.25, -0.2) is 14.2 Å². The number of esters is 1. The molecular formula is C28H54N3O11P. The summed E-state index contributed by atoms with van der Waals surface area (Å²) in [6.07, 6.45) is 10.8. The van der Waals surface area contributed by atoms with E-state index in [0.717, 1.165) is 64.2 Å². The summed E-state index contributed by atoms with van der Waals surface area (Å²) in [7, 11) is -2.85. The van der Waals surface area contributed by atoms with Crippen molar-refractivity contribution < 1.29 is 51.7 Å². The highest BCUT2D eigenvalue weighted by atomic mass is 31.2. The number of carbonyl (C=O) groups is 3. The zero-order chi connectivity index (χ0) is 32.2. The molecule has 0 amide bonds. The standard InChI is InChI=1S/C28H54N3O11P/c1-5-8-10-12-14-16-18-37-27(33)39-20-22-41-43(35,30-26(29)31(4)24-25(32)36-7-3)42-23-21-40-28(34)38-19-17-15-13-11-9-6-2/h5-24H2,1-4H3,(H2,29,30,35). The van der Waals surface area contributed by atoms with Gasteiger partial charge in [0.25, 0.3) is 0 Å². The summed E-state index contributed by atoms with van der Waals surface area (Å²) in [4.78, 5) is 36.5. The molecule has 252 valence electrons. The van der Waals surface area contributed by atoms with Gasteiger partial charge in [0.15, 0.2) is 0 Å². The minimum absolute atomic E-state index is 0.178. The Kier molecular flexibility index (Phi) is 25.4. The molecular weight excluding hydrogens is 585 g/mol. The number of ether oxygens (including phenoxy) is 5. The van der Waals surface area contributed by atoms with Crippen molar-refractivity contribution in [1.29, 1.82) is 0 Å². The van der Waals surface area contributed by atoms with E-state index in [2.05, 4.69) is 18.6 Å². The summed E-state index contributed by atoms with van der Waals surface area (Å²) in [6, 6.07) is 0. The predicted octanol–water partition coefficient (Wildman–Crippen LogP) is 5.96. The van der Waals surface area contributed by atoms with Gasteiger partial charge >= 0.3 is 26.0 Å². The lowest BCUT2D eigenvalue weighted by Gasteiger charge is -2.20. The average Bonchev–Trinajstić information content (AvgIpc) is 2.96. The van der Waals surface area contributed by atoms with E-state index >= 15 is 0 Å². The van der Waals surface area contributed by atoms with E-state index in [1.807, 2.05) is 0 Å². The van der Waals surface area contributed by atoms with Crippen molar-refractivity contribution in [2.75, 3.05) is 59.8 Å². The van der Waals surface area contributed by atoms with E-state index in [-0.39, 0.29) is 58.8 Å². The molecule has 0 unspecified atom stereocenters. The maximum absolute atomic E-state index is 13.3. The lowest BCUT2D eigenvalue weighted by atomic mass is 10.1. The van der Waals surface area contributed by atoms with Crippen molar-refractivity contribution >= 4 is 32.0 Å². The van der Waals surface area contributed by atoms with E-state index in [4.69, 9.17) is 38.5 Å². The molecule has 0 aliphatic heterocycles. The first-order valence-corrected chi connectivity index (χ1v) is 16.9. The van der Waals surface area contributed by atoms with Crippen LogP contribution in [0.4, 0.5) is 9.59 Å². The first kappa shape index (κ1) is 40.4. The number of nitrogens with two attached hydrogens (primary N) is 1. The number of nitrogens with zero attached hydrogens (tertiary/aromatic N) is 2. The second kappa shape index (κ2) is 27.0. The summed E-state index contributed by atoms with van der Waals surface area (Å²) in [6.45, 7) is 5.04. The highest BCUT2D eigenvalue weighted by Gasteiger charge is 2.27. The quantitative estimate of drug-likeness (QED) is 0.0293. The smallest absolute Gasteiger partial charge is 0.465 e. The Labute approximate surface area is 256 Å². The lowest BCUT2D eigenvalue weighted by Crippen LogP contribution is -2.38. The molecule has 0 fully saturated rings. The van der Waals surface area contributed by atoms with Gasteiger partial charge in [0, 0.05) is 7.05 Å². The fraction of sp³-hybridized carbons (Fsp3) is 0.857. The third-order valence-corrected chi connectivity index (χ3v) is 7.31. The molecule has 0 atom stereocenters. The number of likely N-dealkylation sites (N-methyl/N-ethyl adjacent to an activating group) is 1. The van der Waals surface area contributed by atoms with Crippen LogP contribution in [0.2, 0.25) is 0 Å². The van der Waals surface area contributed by atoms with Gasteiger partial charge in [-0.1, -0.05) is 78.1 Å². The van der Waals surface area contributed by atoms with E-state index in [0.29, 0.717) is 0 Å². The van der Waals surface area contributed by atoms with Crippen LogP contribution in [0.25, 0.3) is 0 Å². The van der Waals surface area contributed by atoms with Crippen LogP contribution in [0.1, 0.15) is 97.8 Å². The zero-order valence-electron chi connectivity index (χ0n) is 26.6. The maximum Gasteiger partial charge on any atom is 0.508 e. The normalized spacial score (nSPS) is 11.6.